The van der Waals surface area contributed by atoms with Crippen LogP contribution in [0.3, 0.4) is 0 Å². The summed E-state index contributed by atoms with van der Waals surface area (Å²) in [6, 6.07) is 18.5. The molecule has 0 fully saturated rings. The number of sulfone groups is 1. The highest BCUT2D eigenvalue weighted by atomic mass is 32.2. The van der Waals surface area contributed by atoms with E-state index < -0.39 is 46.0 Å². The molecular weight excluding hydrogens is 527 g/mol. The van der Waals surface area contributed by atoms with Crippen LogP contribution in [-0.2, 0) is 21.1 Å². The predicted octanol–water partition coefficient (Wildman–Crippen LogP) is 5.23. The molecule has 3 rings (SSSR count). The number of carbonyl (C=O) groups excluding carboxylic acids is 1. The van der Waals surface area contributed by atoms with Crippen molar-refractivity contribution < 1.29 is 26.4 Å². The van der Waals surface area contributed by atoms with E-state index in [1.165, 1.54) is 36.4 Å². The number of hydrogen-bond donors (Lipinski definition) is 2. The van der Waals surface area contributed by atoms with E-state index in [0.717, 1.165) is 11.8 Å². The van der Waals surface area contributed by atoms with Gasteiger partial charge in [-0.25, -0.2) is 8.42 Å². The summed E-state index contributed by atoms with van der Waals surface area (Å²) in [5.74, 6) is -1.19. The smallest absolute Gasteiger partial charge is 0.339 e. The zero-order chi connectivity index (χ0) is 28.8. The molecule has 2 N–H and O–H groups in total. The molecule has 0 aliphatic carbocycles. The number of rotatable bonds is 10. The second kappa shape index (κ2) is 12.5. The van der Waals surface area contributed by atoms with Gasteiger partial charge in [0.2, 0.25) is 5.91 Å². The van der Waals surface area contributed by atoms with Gasteiger partial charge in [-0.1, -0.05) is 80.6 Å². The number of nitrogens with one attached hydrogen (secondary N) is 2. The van der Waals surface area contributed by atoms with Crippen LogP contribution < -0.4 is 10.6 Å². The Bertz CT molecular complexity index is 1400. The fraction of sp³-hybridized carbons (Fsp3) is 0.310. The number of alkyl halides is 3. The highest BCUT2D eigenvalue weighted by Gasteiger charge is 2.43. The Balaban J connectivity index is 1.80. The van der Waals surface area contributed by atoms with Gasteiger partial charge in [0.1, 0.15) is 12.1 Å². The van der Waals surface area contributed by atoms with Crippen LogP contribution in [0, 0.1) is 17.2 Å². The summed E-state index contributed by atoms with van der Waals surface area (Å²) in [6.07, 6.45) is -3.39. The Kier molecular flexibility index (Phi) is 9.54. The van der Waals surface area contributed by atoms with Crippen LogP contribution in [0.4, 0.5) is 13.2 Å². The fourth-order valence-corrected chi connectivity index (χ4v) is 4.76. The second-order valence-electron chi connectivity index (χ2n) is 9.66. The van der Waals surface area contributed by atoms with E-state index in [1.807, 2.05) is 12.1 Å². The number of nitriles is 1. The number of carbonyl (C=O) groups is 1. The molecule has 3 aromatic carbocycles. The van der Waals surface area contributed by atoms with Crippen LogP contribution in [0.1, 0.15) is 31.0 Å². The van der Waals surface area contributed by atoms with Gasteiger partial charge < -0.3 is 5.32 Å². The summed E-state index contributed by atoms with van der Waals surface area (Å²) in [6.45, 7) is 3.26. The molecule has 0 bridgehead atoms. The quantitative estimate of drug-likeness (QED) is 0.356. The molecule has 0 spiro atoms. The van der Waals surface area contributed by atoms with Gasteiger partial charge >= 0.3 is 6.18 Å². The zero-order valence-electron chi connectivity index (χ0n) is 21.7. The Morgan fingerprint density at radius 2 is 1.46 bits per heavy atom. The minimum absolute atomic E-state index is 0.0847. The molecular formula is C29H30F3N3O3S. The second-order valence-corrected chi connectivity index (χ2v) is 11.7. The van der Waals surface area contributed by atoms with Crippen molar-refractivity contribution in [3.05, 3.63) is 90.0 Å². The average Bonchev–Trinajstić information content (AvgIpc) is 2.88. The van der Waals surface area contributed by atoms with Gasteiger partial charge in [-0.2, -0.15) is 18.4 Å². The molecule has 6 nitrogen and oxygen atoms in total. The maximum Gasteiger partial charge on any atom is 0.407 e. The Labute approximate surface area is 226 Å². The van der Waals surface area contributed by atoms with Crippen LogP contribution in [0.2, 0.25) is 0 Å². The van der Waals surface area contributed by atoms with Gasteiger partial charge in [-0.05, 0) is 40.3 Å². The lowest BCUT2D eigenvalue weighted by Crippen LogP contribution is -2.53. The highest BCUT2D eigenvalue weighted by Crippen LogP contribution is 2.35. The lowest BCUT2D eigenvalue weighted by atomic mass is 9.97. The molecule has 0 radical (unpaired) electrons. The molecule has 1 unspecified atom stereocenters. The van der Waals surface area contributed by atoms with Crippen LogP contribution in [-0.4, -0.2) is 38.8 Å². The summed E-state index contributed by atoms with van der Waals surface area (Å²) in [5.41, 5.74) is 1.98. The van der Waals surface area contributed by atoms with Gasteiger partial charge in [-0.3, -0.25) is 10.1 Å². The van der Waals surface area contributed by atoms with Gasteiger partial charge in [0.05, 0.1) is 17.0 Å². The van der Waals surface area contributed by atoms with E-state index in [0.29, 0.717) is 11.1 Å². The minimum atomic E-state index is -4.70. The molecule has 39 heavy (non-hydrogen) atoms. The van der Waals surface area contributed by atoms with Gasteiger partial charge in [0.15, 0.2) is 9.84 Å². The van der Waals surface area contributed by atoms with Crippen molar-refractivity contribution in [1.82, 2.24) is 10.6 Å². The first-order valence-corrected chi connectivity index (χ1v) is 14.2. The lowest BCUT2D eigenvalue weighted by molar-refractivity contribution is -0.161. The van der Waals surface area contributed by atoms with E-state index in [-0.39, 0.29) is 16.9 Å². The fourth-order valence-electron chi connectivity index (χ4n) is 4.13. The number of hydrogen-bond acceptors (Lipinski definition) is 5. The molecule has 0 aliphatic rings. The molecule has 1 amide bonds. The summed E-state index contributed by atoms with van der Waals surface area (Å²) >= 11 is 0. The third kappa shape index (κ3) is 8.15. The summed E-state index contributed by atoms with van der Waals surface area (Å²) < 4.78 is 65.9. The van der Waals surface area contributed by atoms with Crippen molar-refractivity contribution >= 4 is 15.7 Å². The van der Waals surface area contributed by atoms with Crippen LogP contribution in [0.25, 0.3) is 11.1 Å². The first kappa shape index (κ1) is 29.9. The summed E-state index contributed by atoms with van der Waals surface area (Å²) in [5, 5.41) is 14.6. The van der Waals surface area contributed by atoms with Crippen molar-refractivity contribution in [3.8, 4) is 17.2 Å². The van der Waals surface area contributed by atoms with E-state index >= 15 is 0 Å². The molecule has 0 saturated carbocycles. The Hall–Kier alpha value is -3.68. The number of nitrogens with zero attached hydrogens (tertiary/aromatic N) is 1. The van der Waals surface area contributed by atoms with Crippen molar-refractivity contribution in [1.29, 1.82) is 5.26 Å². The zero-order valence-corrected chi connectivity index (χ0v) is 22.6. The topological polar surface area (TPSA) is 99.1 Å². The molecule has 0 aromatic heterocycles. The number of benzene rings is 3. The van der Waals surface area contributed by atoms with Crippen molar-refractivity contribution in [2.75, 3.05) is 6.26 Å². The molecule has 3 aromatic rings. The first-order chi connectivity index (χ1) is 18.3. The lowest BCUT2D eigenvalue weighted by Gasteiger charge is -2.30. The summed E-state index contributed by atoms with van der Waals surface area (Å²) in [7, 11) is -3.37. The molecule has 0 heterocycles. The normalized spacial score (nSPS) is 14.3. The predicted molar refractivity (Wildman–Crippen MR) is 143 cm³/mol. The molecule has 0 aliphatic heterocycles. The summed E-state index contributed by atoms with van der Waals surface area (Å²) in [4.78, 5) is 13.2. The Morgan fingerprint density at radius 3 is 1.92 bits per heavy atom. The largest absolute Gasteiger partial charge is 0.407 e. The highest BCUT2D eigenvalue weighted by molar-refractivity contribution is 7.90. The monoisotopic (exact) mass is 557 g/mol. The van der Waals surface area contributed by atoms with E-state index in [4.69, 9.17) is 0 Å². The van der Waals surface area contributed by atoms with Crippen LogP contribution >= 0.6 is 0 Å². The third-order valence-corrected chi connectivity index (χ3v) is 7.37. The molecule has 206 valence electrons. The van der Waals surface area contributed by atoms with E-state index in [2.05, 4.69) is 10.6 Å². The molecule has 0 saturated heterocycles. The minimum Gasteiger partial charge on any atom is -0.339 e. The van der Waals surface area contributed by atoms with Crippen LogP contribution in [0.5, 0.6) is 0 Å². The average molecular weight is 558 g/mol. The van der Waals surface area contributed by atoms with Gasteiger partial charge in [0.25, 0.3) is 0 Å². The number of halogens is 3. The van der Waals surface area contributed by atoms with E-state index in [9.17, 15) is 31.6 Å². The first-order valence-electron chi connectivity index (χ1n) is 12.3. The van der Waals surface area contributed by atoms with Gasteiger partial charge in [0, 0.05) is 12.7 Å². The molecule has 10 heteroatoms. The number of amides is 1. The van der Waals surface area contributed by atoms with E-state index in [1.54, 1.807) is 50.2 Å². The third-order valence-electron chi connectivity index (χ3n) is 6.24. The van der Waals surface area contributed by atoms with Gasteiger partial charge in [-0.15, -0.1) is 0 Å². The standard InChI is InChI=1S/C29H30F3N3O3S/c1-19(2)26(28(36)34-24(18-33)17-20-7-5-4-6-8-20)35-27(29(30,31)32)23-11-9-21(10-12-23)22-13-15-25(16-14-22)39(3,37)38/h4-16,19,24,26-27,35H,17H2,1-3H3,(H,34,36)/t24-,26?,27-/m0/s1. The maximum atomic E-state index is 14.2. The van der Waals surface area contributed by atoms with Crippen molar-refractivity contribution in [2.24, 2.45) is 5.92 Å². The Morgan fingerprint density at radius 1 is 0.923 bits per heavy atom. The maximum absolute atomic E-state index is 14.2. The van der Waals surface area contributed by atoms with Crippen LogP contribution in [0.15, 0.2) is 83.8 Å². The van der Waals surface area contributed by atoms with Crippen molar-refractivity contribution in [3.63, 3.8) is 0 Å². The molecule has 3 atom stereocenters. The van der Waals surface area contributed by atoms with Crippen molar-refractivity contribution in [2.45, 2.75) is 49.5 Å². The SMILES string of the molecule is CC(C)C(N[C@@H](c1ccc(-c2ccc(S(C)(=O)=O)cc2)cc1)C(F)(F)F)C(=O)N[C@H](C#N)Cc1ccccc1.